The molecule has 1 aliphatic heterocycles. The highest BCUT2D eigenvalue weighted by molar-refractivity contribution is 14.0. The zero-order chi connectivity index (χ0) is 21.8. The average molecular weight is 544 g/mol. The molecule has 1 saturated heterocycles. The lowest BCUT2D eigenvalue weighted by Gasteiger charge is -2.30. The van der Waals surface area contributed by atoms with Crippen LogP contribution in [0.1, 0.15) is 62.9 Å². The van der Waals surface area contributed by atoms with E-state index in [0.717, 1.165) is 62.1 Å². The van der Waals surface area contributed by atoms with Gasteiger partial charge in [0.05, 0.1) is 6.54 Å². The van der Waals surface area contributed by atoms with E-state index < -0.39 is 0 Å². The Hall–Kier alpha value is -1.35. The fraction of sp³-hybridized carbons (Fsp3) is 0.667. The number of nitrogens with one attached hydrogen (secondary N) is 2. The summed E-state index contributed by atoms with van der Waals surface area (Å²) >= 11 is 0. The lowest BCUT2D eigenvalue weighted by Crippen LogP contribution is -2.39. The Bertz CT molecular complexity index is 652. The SMILES string of the molecule is CCNC(=NCc1ccc(C(=O)N(CC)CC)cc1)NCCCN1CCC(C)CC1.I. The summed E-state index contributed by atoms with van der Waals surface area (Å²) in [5, 5.41) is 6.77. The largest absolute Gasteiger partial charge is 0.357 e. The van der Waals surface area contributed by atoms with Gasteiger partial charge in [-0.1, -0.05) is 19.1 Å². The second kappa shape index (κ2) is 15.5. The Morgan fingerprint density at radius 2 is 1.74 bits per heavy atom. The molecule has 7 heteroatoms. The van der Waals surface area contributed by atoms with Gasteiger partial charge in [0.25, 0.3) is 5.91 Å². The number of piperidine rings is 1. The molecule has 0 unspecified atom stereocenters. The quantitative estimate of drug-likeness (QED) is 0.203. The Kier molecular flexibility index (Phi) is 13.8. The standard InChI is InChI=1S/C24H41N5O.HI/c1-5-25-24(26-15-8-16-28-17-13-20(4)14-18-28)27-19-21-9-11-22(12-10-21)23(30)29(6-2)7-3;/h9-12,20H,5-8,13-19H2,1-4H3,(H2,25,26,27);1H. The number of likely N-dealkylation sites (tertiary alicyclic amines) is 1. The third-order valence-electron chi connectivity index (χ3n) is 5.84. The highest BCUT2D eigenvalue weighted by atomic mass is 127. The average Bonchev–Trinajstić information content (AvgIpc) is 2.77. The van der Waals surface area contributed by atoms with Gasteiger partial charge in [-0.3, -0.25) is 4.79 Å². The summed E-state index contributed by atoms with van der Waals surface area (Å²) < 4.78 is 0. The minimum Gasteiger partial charge on any atom is -0.357 e. The van der Waals surface area contributed by atoms with E-state index in [-0.39, 0.29) is 29.9 Å². The van der Waals surface area contributed by atoms with Crippen molar-refractivity contribution in [2.75, 3.05) is 45.8 Å². The highest BCUT2D eigenvalue weighted by Crippen LogP contribution is 2.15. The van der Waals surface area contributed by atoms with E-state index in [1.165, 1.54) is 25.9 Å². The predicted octanol–water partition coefficient (Wildman–Crippen LogP) is 3.96. The number of hydrogen-bond acceptors (Lipinski definition) is 3. The number of carbonyl (C=O) groups is 1. The number of aliphatic imine (C=N–C) groups is 1. The Morgan fingerprint density at radius 1 is 1.10 bits per heavy atom. The van der Waals surface area contributed by atoms with Crippen molar-refractivity contribution in [2.45, 2.75) is 53.5 Å². The van der Waals surface area contributed by atoms with Crippen LogP contribution in [-0.4, -0.2) is 67.5 Å². The number of hydrogen-bond donors (Lipinski definition) is 2. The number of guanidine groups is 1. The maximum Gasteiger partial charge on any atom is 0.253 e. The summed E-state index contributed by atoms with van der Waals surface area (Å²) in [6.07, 6.45) is 3.79. The zero-order valence-electron chi connectivity index (χ0n) is 19.8. The van der Waals surface area contributed by atoms with Crippen molar-refractivity contribution in [2.24, 2.45) is 10.9 Å². The summed E-state index contributed by atoms with van der Waals surface area (Å²) in [6, 6.07) is 7.82. The summed E-state index contributed by atoms with van der Waals surface area (Å²) in [6.45, 7) is 15.9. The van der Waals surface area contributed by atoms with Gasteiger partial charge < -0.3 is 20.4 Å². The number of rotatable bonds is 10. The van der Waals surface area contributed by atoms with Crippen LogP contribution in [0.2, 0.25) is 0 Å². The van der Waals surface area contributed by atoms with E-state index >= 15 is 0 Å². The summed E-state index contributed by atoms with van der Waals surface area (Å²) in [5.41, 5.74) is 1.84. The van der Waals surface area contributed by atoms with Crippen molar-refractivity contribution in [1.29, 1.82) is 0 Å². The molecule has 0 aliphatic carbocycles. The van der Waals surface area contributed by atoms with E-state index in [1.54, 1.807) is 0 Å². The van der Waals surface area contributed by atoms with Gasteiger partial charge in [0.1, 0.15) is 0 Å². The molecular formula is C24H42IN5O. The second-order valence-electron chi connectivity index (χ2n) is 8.17. The number of nitrogens with zero attached hydrogens (tertiary/aromatic N) is 3. The van der Waals surface area contributed by atoms with Crippen LogP contribution in [0.15, 0.2) is 29.3 Å². The molecule has 0 aromatic heterocycles. The van der Waals surface area contributed by atoms with Crippen LogP contribution in [0.3, 0.4) is 0 Å². The molecular weight excluding hydrogens is 501 g/mol. The van der Waals surface area contributed by atoms with E-state index in [1.807, 2.05) is 43.0 Å². The third kappa shape index (κ3) is 9.76. The Morgan fingerprint density at radius 3 is 2.32 bits per heavy atom. The molecule has 1 amide bonds. The Balaban J connectivity index is 0.00000480. The predicted molar refractivity (Wildman–Crippen MR) is 141 cm³/mol. The van der Waals surface area contributed by atoms with Gasteiger partial charge in [0.15, 0.2) is 5.96 Å². The molecule has 176 valence electrons. The van der Waals surface area contributed by atoms with Crippen LogP contribution in [0.5, 0.6) is 0 Å². The van der Waals surface area contributed by atoms with Gasteiger partial charge in [0, 0.05) is 31.7 Å². The van der Waals surface area contributed by atoms with Gasteiger partial charge in [-0.15, -0.1) is 24.0 Å². The molecule has 31 heavy (non-hydrogen) atoms. The van der Waals surface area contributed by atoms with Crippen molar-refractivity contribution in [3.05, 3.63) is 35.4 Å². The van der Waals surface area contributed by atoms with Gasteiger partial charge in [-0.25, -0.2) is 4.99 Å². The van der Waals surface area contributed by atoms with Crippen molar-refractivity contribution < 1.29 is 4.79 Å². The van der Waals surface area contributed by atoms with Crippen molar-refractivity contribution in [3.63, 3.8) is 0 Å². The molecule has 1 aliphatic rings. The first kappa shape index (κ1) is 27.7. The monoisotopic (exact) mass is 543 g/mol. The van der Waals surface area contributed by atoms with Gasteiger partial charge >= 0.3 is 0 Å². The fourth-order valence-electron chi connectivity index (χ4n) is 3.75. The smallest absolute Gasteiger partial charge is 0.253 e. The van der Waals surface area contributed by atoms with Crippen LogP contribution in [0, 0.1) is 5.92 Å². The molecule has 0 bridgehead atoms. The number of carbonyl (C=O) groups excluding carboxylic acids is 1. The molecule has 0 saturated carbocycles. The molecule has 0 atom stereocenters. The van der Waals surface area contributed by atoms with Crippen LogP contribution in [-0.2, 0) is 6.54 Å². The first-order chi connectivity index (χ1) is 14.6. The minimum atomic E-state index is 0. The Labute approximate surface area is 206 Å². The van der Waals surface area contributed by atoms with Gasteiger partial charge in [-0.2, -0.15) is 0 Å². The van der Waals surface area contributed by atoms with Gasteiger partial charge in [0.2, 0.25) is 0 Å². The molecule has 2 rings (SSSR count). The molecule has 6 nitrogen and oxygen atoms in total. The lowest BCUT2D eigenvalue weighted by atomic mass is 9.99. The highest BCUT2D eigenvalue weighted by Gasteiger charge is 2.15. The first-order valence-corrected chi connectivity index (χ1v) is 11.7. The van der Waals surface area contributed by atoms with Crippen LogP contribution < -0.4 is 10.6 Å². The minimum absolute atomic E-state index is 0. The fourth-order valence-corrected chi connectivity index (χ4v) is 3.75. The maximum absolute atomic E-state index is 12.4. The molecule has 2 N–H and O–H groups in total. The molecule has 1 aromatic carbocycles. The third-order valence-corrected chi connectivity index (χ3v) is 5.84. The molecule has 1 heterocycles. The second-order valence-corrected chi connectivity index (χ2v) is 8.17. The number of amides is 1. The summed E-state index contributed by atoms with van der Waals surface area (Å²) in [4.78, 5) is 21.5. The van der Waals surface area contributed by atoms with Crippen molar-refractivity contribution in [3.8, 4) is 0 Å². The maximum atomic E-state index is 12.4. The molecule has 1 fully saturated rings. The zero-order valence-corrected chi connectivity index (χ0v) is 22.2. The lowest BCUT2D eigenvalue weighted by molar-refractivity contribution is 0.0773. The van der Waals surface area contributed by atoms with E-state index in [9.17, 15) is 4.79 Å². The molecule has 1 aromatic rings. The topological polar surface area (TPSA) is 60.0 Å². The van der Waals surface area contributed by atoms with E-state index in [4.69, 9.17) is 4.99 Å². The van der Waals surface area contributed by atoms with Crippen LogP contribution >= 0.6 is 24.0 Å². The first-order valence-electron chi connectivity index (χ1n) is 11.7. The van der Waals surface area contributed by atoms with Crippen molar-refractivity contribution in [1.82, 2.24) is 20.4 Å². The summed E-state index contributed by atoms with van der Waals surface area (Å²) in [7, 11) is 0. The summed E-state index contributed by atoms with van der Waals surface area (Å²) in [5.74, 6) is 1.83. The molecule has 0 spiro atoms. The van der Waals surface area contributed by atoms with Crippen LogP contribution in [0.25, 0.3) is 0 Å². The number of benzene rings is 1. The van der Waals surface area contributed by atoms with E-state index in [0.29, 0.717) is 6.54 Å². The molecule has 0 radical (unpaired) electrons. The van der Waals surface area contributed by atoms with E-state index in [2.05, 4.69) is 29.4 Å². The normalized spacial score (nSPS) is 15.3. The van der Waals surface area contributed by atoms with Gasteiger partial charge in [-0.05, 0) is 83.3 Å². The van der Waals surface area contributed by atoms with Crippen molar-refractivity contribution >= 4 is 35.8 Å². The number of halogens is 1. The van der Waals surface area contributed by atoms with Crippen LogP contribution in [0.4, 0.5) is 0 Å².